The van der Waals surface area contributed by atoms with Crippen molar-refractivity contribution in [3.05, 3.63) is 70.2 Å². The van der Waals surface area contributed by atoms with Crippen molar-refractivity contribution in [2.75, 3.05) is 6.54 Å². The number of hydrogen-bond acceptors (Lipinski definition) is 6. The van der Waals surface area contributed by atoms with E-state index in [-0.39, 0.29) is 31.1 Å². The van der Waals surface area contributed by atoms with Gasteiger partial charge in [-0.25, -0.2) is 0 Å². The summed E-state index contributed by atoms with van der Waals surface area (Å²) in [6.07, 6.45) is 4.09. The first-order valence-corrected chi connectivity index (χ1v) is 8.75. The zero-order chi connectivity index (χ0) is 20.8. The van der Waals surface area contributed by atoms with Crippen molar-refractivity contribution in [3.8, 4) is 0 Å². The van der Waals surface area contributed by atoms with Crippen molar-refractivity contribution in [2.24, 2.45) is 5.92 Å². The maximum atomic E-state index is 12.2. The van der Waals surface area contributed by atoms with E-state index >= 15 is 0 Å². The smallest absolute Gasteiger partial charge is 0.270 e. The molecule has 1 atom stereocenters. The third-order valence-corrected chi connectivity index (χ3v) is 4.33. The number of nitrogens with zero attached hydrogens (tertiary/aromatic N) is 2. The largest absolute Gasteiger partial charge is 0.467 e. The number of furan rings is 1. The number of hydrogen-bond donors (Lipinski definition) is 2. The van der Waals surface area contributed by atoms with Crippen LogP contribution in [0.15, 0.2) is 53.2 Å². The molecule has 1 aliphatic heterocycles. The molecule has 150 valence electrons. The molecule has 2 N–H and O–H groups in total. The lowest BCUT2D eigenvalue weighted by Gasteiger charge is -2.15. The van der Waals surface area contributed by atoms with Gasteiger partial charge in [-0.3, -0.25) is 35.3 Å². The van der Waals surface area contributed by atoms with Gasteiger partial charge in [-0.1, -0.05) is 12.1 Å². The van der Waals surface area contributed by atoms with Gasteiger partial charge in [-0.15, -0.1) is 0 Å². The van der Waals surface area contributed by atoms with Crippen molar-refractivity contribution < 1.29 is 23.7 Å². The first-order valence-electron chi connectivity index (χ1n) is 8.75. The molecule has 1 aromatic carbocycles. The van der Waals surface area contributed by atoms with Gasteiger partial charge in [-0.05, 0) is 23.8 Å². The quantitative estimate of drug-likeness (QED) is 0.429. The van der Waals surface area contributed by atoms with E-state index in [4.69, 9.17) is 4.42 Å². The van der Waals surface area contributed by atoms with E-state index in [1.54, 1.807) is 18.2 Å². The van der Waals surface area contributed by atoms with Crippen LogP contribution in [0, 0.1) is 16.0 Å². The summed E-state index contributed by atoms with van der Waals surface area (Å²) < 4.78 is 5.21. The van der Waals surface area contributed by atoms with Gasteiger partial charge >= 0.3 is 0 Å². The molecule has 10 heteroatoms. The summed E-state index contributed by atoms with van der Waals surface area (Å²) in [6, 6.07) is 9.23. The summed E-state index contributed by atoms with van der Waals surface area (Å²) >= 11 is 0. The number of hydrazine groups is 1. The highest BCUT2D eigenvalue weighted by Gasteiger charge is 2.34. The highest BCUT2D eigenvalue weighted by atomic mass is 16.6. The number of rotatable bonds is 6. The Bertz CT molecular complexity index is 953. The third kappa shape index (κ3) is 5.28. The normalized spacial score (nSPS) is 16.2. The van der Waals surface area contributed by atoms with Gasteiger partial charge < -0.3 is 9.32 Å². The van der Waals surface area contributed by atoms with Gasteiger partial charge in [-0.2, -0.15) is 0 Å². The van der Waals surface area contributed by atoms with Crippen LogP contribution in [-0.2, 0) is 20.9 Å². The minimum absolute atomic E-state index is 0.0476. The van der Waals surface area contributed by atoms with Crippen molar-refractivity contribution >= 4 is 29.5 Å². The summed E-state index contributed by atoms with van der Waals surface area (Å²) in [5.74, 6) is -1.21. The standard InChI is InChI=1S/C19H18N4O6/c24-17(7-6-13-3-1-4-15(9-13)23(27)28)20-21-19(26)14-10-18(25)22(11-14)12-16-5-2-8-29-16/h1-9,14H,10-12H2,(H,20,24)(H,21,26)/b7-6+. The van der Waals surface area contributed by atoms with Crippen molar-refractivity contribution in [3.63, 3.8) is 0 Å². The Hall–Kier alpha value is -3.95. The fraction of sp³-hybridized carbons (Fsp3) is 0.211. The molecular formula is C19H18N4O6. The van der Waals surface area contributed by atoms with Gasteiger partial charge in [0.05, 0.1) is 23.6 Å². The number of nitro groups is 1. The summed E-state index contributed by atoms with van der Waals surface area (Å²) in [7, 11) is 0. The van der Waals surface area contributed by atoms with Crippen LogP contribution in [0.1, 0.15) is 17.7 Å². The molecule has 10 nitrogen and oxygen atoms in total. The van der Waals surface area contributed by atoms with Crippen LogP contribution >= 0.6 is 0 Å². The number of carbonyl (C=O) groups is 3. The molecule has 0 radical (unpaired) electrons. The van der Waals surface area contributed by atoms with E-state index in [1.807, 2.05) is 0 Å². The Kier molecular flexibility index (Phi) is 6.03. The predicted molar refractivity (Wildman–Crippen MR) is 101 cm³/mol. The predicted octanol–water partition coefficient (Wildman–Crippen LogP) is 1.40. The van der Waals surface area contributed by atoms with E-state index in [0.717, 1.165) is 6.08 Å². The molecule has 1 fully saturated rings. The van der Waals surface area contributed by atoms with E-state index in [9.17, 15) is 24.5 Å². The Morgan fingerprint density at radius 1 is 1.28 bits per heavy atom. The van der Waals surface area contributed by atoms with Crippen LogP contribution in [0.5, 0.6) is 0 Å². The molecule has 1 aliphatic rings. The first-order chi connectivity index (χ1) is 13.9. The molecule has 1 aromatic heterocycles. The van der Waals surface area contributed by atoms with Crippen LogP contribution in [0.3, 0.4) is 0 Å². The maximum Gasteiger partial charge on any atom is 0.270 e. The minimum Gasteiger partial charge on any atom is -0.467 e. The summed E-state index contributed by atoms with van der Waals surface area (Å²) in [5, 5.41) is 10.8. The number of nitro benzene ring substituents is 1. The molecule has 3 rings (SSSR count). The van der Waals surface area contributed by atoms with Crippen LogP contribution in [0.25, 0.3) is 6.08 Å². The molecule has 0 bridgehead atoms. The molecule has 0 aliphatic carbocycles. The third-order valence-electron chi connectivity index (χ3n) is 4.33. The average molecular weight is 398 g/mol. The Morgan fingerprint density at radius 2 is 2.10 bits per heavy atom. The second-order valence-corrected chi connectivity index (χ2v) is 6.42. The highest BCUT2D eigenvalue weighted by Crippen LogP contribution is 2.20. The molecule has 2 aromatic rings. The van der Waals surface area contributed by atoms with E-state index in [2.05, 4.69) is 10.9 Å². The Balaban J connectivity index is 1.47. The van der Waals surface area contributed by atoms with E-state index in [0.29, 0.717) is 11.3 Å². The van der Waals surface area contributed by atoms with Crippen molar-refractivity contribution in [2.45, 2.75) is 13.0 Å². The fourth-order valence-corrected chi connectivity index (χ4v) is 2.87. The van der Waals surface area contributed by atoms with Crippen LogP contribution in [0.4, 0.5) is 5.69 Å². The fourth-order valence-electron chi connectivity index (χ4n) is 2.87. The highest BCUT2D eigenvalue weighted by molar-refractivity contribution is 5.94. The molecule has 1 saturated heterocycles. The number of amides is 3. The van der Waals surface area contributed by atoms with Crippen molar-refractivity contribution in [1.82, 2.24) is 15.8 Å². The Morgan fingerprint density at radius 3 is 2.83 bits per heavy atom. The topological polar surface area (TPSA) is 135 Å². The molecular weight excluding hydrogens is 380 g/mol. The van der Waals surface area contributed by atoms with Crippen molar-refractivity contribution in [1.29, 1.82) is 0 Å². The zero-order valence-corrected chi connectivity index (χ0v) is 15.2. The molecule has 3 amide bonds. The number of likely N-dealkylation sites (tertiary alicyclic amines) is 1. The molecule has 0 spiro atoms. The number of nitrogens with one attached hydrogen (secondary N) is 2. The van der Waals surface area contributed by atoms with Gasteiger partial charge in [0.25, 0.3) is 11.6 Å². The molecule has 0 saturated carbocycles. The second-order valence-electron chi connectivity index (χ2n) is 6.42. The van der Waals surface area contributed by atoms with Gasteiger partial charge in [0, 0.05) is 31.2 Å². The molecule has 29 heavy (non-hydrogen) atoms. The number of carbonyl (C=O) groups excluding carboxylic acids is 3. The lowest BCUT2D eigenvalue weighted by molar-refractivity contribution is -0.384. The molecule has 1 unspecified atom stereocenters. The SMILES string of the molecule is O=C(/C=C/c1cccc([N+](=O)[O-])c1)NNC(=O)C1CC(=O)N(Cc2ccco2)C1. The van der Waals surface area contributed by atoms with Crippen LogP contribution in [-0.4, -0.2) is 34.1 Å². The molecule has 2 heterocycles. The zero-order valence-electron chi connectivity index (χ0n) is 15.2. The number of non-ortho nitro benzene ring substituents is 1. The summed E-state index contributed by atoms with van der Waals surface area (Å²) in [5.41, 5.74) is 4.90. The maximum absolute atomic E-state index is 12.2. The summed E-state index contributed by atoms with van der Waals surface area (Å²) in [4.78, 5) is 47.9. The minimum atomic E-state index is -0.610. The number of benzene rings is 1. The lowest BCUT2D eigenvalue weighted by atomic mass is 10.1. The van der Waals surface area contributed by atoms with Gasteiger partial charge in [0.15, 0.2) is 0 Å². The van der Waals surface area contributed by atoms with Gasteiger partial charge in [0.2, 0.25) is 11.8 Å². The first kappa shape index (κ1) is 19.8. The average Bonchev–Trinajstić information content (AvgIpc) is 3.35. The van der Waals surface area contributed by atoms with Crippen LogP contribution in [0.2, 0.25) is 0 Å². The van der Waals surface area contributed by atoms with Gasteiger partial charge in [0.1, 0.15) is 5.76 Å². The lowest BCUT2D eigenvalue weighted by Crippen LogP contribution is -2.44. The Labute approximate surface area is 165 Å². The van der Waals surface area contributed by atoms with E-state index < -0.39 is 22.7 Å². The van der Waals surface area contributed by atoms with Crippen LogP contribution < -0.4 is 10.9 Å². The second kappa shape index (κ2) is 8.83. The van der Waals surface area contributed by atoms with E-state index in [1.165, 1.54) is 35.4 Å². The summed E-state index contributed by atoms with van der Waals surface area (Å²) in [6.45, 7) is 0.513. The monoisotopic (exact) mass is 398 g/mol.